The molecule has 0 rings (SSSR count). The van der Waals surface area contributed by atoms with Crippen LogP contribution in [0, 0.1) is 0 Å². The first-order valence-corrected chi connectivity index (χ1v) is 5.10. The van der Waals surface area contributed by atoms with E-state index in [-0.39, 0.29) is 6.61 Å². The lowest BCUT2D eigenvalue weighted by atomic mass is 10.1. The number of rotatable bonds is 8. The summed E-state index contributed by atoms with van der Waals surface area (Å²) >= 11 is 0. The van der Waals surface area contributed by atoms with Crippen LogP contribution in [0.25, 0.3) is 0 Å². The Morgan fingerprint density at radius 1 is 1.36 bits per heavy atom. The van der Waals surface area contributed by atoms with E-state index in [1.54, 1.807) is 6.92 Å². The van der Waals surface area contributed by atoms with Gasteiger partial charge in [-0.2, -0.15) is 0 Å². The Hall–Kier alpha value is -0.160. The average molecular weight is 206 g/mol. The molecule has 0 spiro atoms. The molecule has 0 aliphatic rings. The molecule has 0 bridgehead atoms. The van der Waals surface area contributed by atoms with Crippen molar-refractivity contribution in [1.82, 2.24) is 0 Å². The highest BCUT2D eigenvalue weighted by Gasteiger charge is 2.25. The van der Waals surface area contributed by atoms with Gasteiger partial charge in [-0.1, -0.05) is 13.3 Å². The van der Waals surface area contributed by atoms with Crippen molar-refractivity contribution in [2.24, 2.45) is 0 Å². The molecule has 4 heteroatoms. The third-order valence-electron chi connectivity index (χ3n) is 2.12. The number of hydrogen-bond acceptors (Lipinski definition) is 4. The summed E-state index contributed by atoms with van der Waals surface area (Å²) < 4.78 is 10.5. The van der Waals surface area contributed by atoms with E-state index in [0.717, 1.165) is 12.8 Å². The van der Waals surface area contributed by atoms with Gasteiger partial charge in [0.25, 0.3) is 0 Å². The molecule has 2 N–H and O–H groups in total. The lowest BCUT2D eigenvalue weighted by Crippen LogP contribution is -2.41. The molecular weight excluding hydrogens is 184 g/mol. The van der Waals surface area contributed by atoms with Gasteiger partial charge in [0.2, 0.25) is 0 Å². The Labute approximate surface area is 85.8 Å². The predicted molar refractivity (Wildman–Crippen MR) is 54.2 cm³/mol. The third-order valence-corrected chi connectivity index (χ3v) is 2.12. The molecule has 0 aliphatic carbocycles. The third kappa shape index (κ3) is 4.91. The quantitative estimate of drug-likeness (QED) is 0.570. The second kappa shape index (κ2) is 8.17. The normalized spacial score (nSPS) is 17.8. The van der Waals surface area contributed by atoms with Gasteiger partial charge < -0.3 is 19.7 Å². The molecular formula is C10H22O4. The number of ether oxygens (including phenoxy) is 2. The molecule has 0 amide bonds. The van der Waals surface area contributed by atoms with Crippen LogP contribution >= 0.6 is 0 Å². The van der Waals surface area contributed by atoms with E-state index in [9.17, 15) is 5.11 Å². The van der Waals surface area contributed by atoms with Gasteiger partial charge in [0, 0.05) is 13.7 Å². The lowest BCUT2D eigenvalue weighted by molar-refractivity contribution is -0.118. The fourth-order valence-electron chi connectivity index (χ4n) is 1.29. The summed E-state index contributed by atoms with van der Waals surface area (Å²) in [7, 11) is 1.50. The second-order valence-corrected chi connectivity index (χ2v) is 3.39. The maximum absolute atomic E-state index is 9.35. The molecule has 0 aromatic carbocycles. The minimum atomic E-state index is -0.640. The molecule has 3 atom stereocenters. The summed E-state index contributed by atoms with van der Waals surface area (Å²) in [5.74, 6) is 0. The van der Waals surface area contributed by atoms with Gasteiger partial charge in [0.05, 0.1) is 12.7 Å². The van der Waals surface area contributed by atoms with Crippen molar-refractivity contribution in [3.8, 4) is 0 Å². The Morgan fingerprint density at radius 2 is 2.00 bits per heavy atom. The molecule has 14 heavy (non-hydrogen) atoms. The van der Waals surface area contributed by atoms with Crippen LogP contribution in [-0.4, -0.2) is 48.8 Å². The molecule has 0 saturated heterocycles. The highest BCUT2D eigenvalue weighted by atomic mass is 16.5. The molecule has 0 radical (unpaired) electrons. The molecule has 86 valence electrons. The fraction of sp³-hybridized carbons (Fsp3) is 1.00. The highest BCUT2D eigenvalue weighted by Crippen LogP contribution is 2.08. The van der Waals surface area contributed by atoms with Gasteiger partial charge in [-0.3, -0.25) is 0 Å². The van der Waals surface area contributed by atoms with Crippen LogP contribution in [0.4, 0.5) is 0 Å². The van der Waals surface area contributed by atoms with Crippen molar-refractivity contribution in [1.29, 1.82) is 0 Å². The van der Waals surface area contributed by atoms with Crippen LogP contribution in [0.5, 0.6) is 0 Å². The minimum Gasteiger partial charge on any atom is -0.394 e. The van der Waals surface area contributed by atoms with Gasteiger partial charge >= 0.3 is 0 Å². The minimum absolute atomic E-state index is 0.132. The summed E-state index contributed by atoms with van der Waals surface area (Å²) in [6.45, 7) is 4.15. The van der Waals surface area contributed by atoms with E-state index in [4.69, 9.17) is 14.6 Å². The second-order valence-electron chi connectivity index (χ2n) is 3.39. The van der Waals surface area contributed by atoms with Gasteiger partial charge in [0.15, 0.2) is 0 Å². The molecule has 0 aliphatic heterocycles. The molecule has 0 fully saturated rings. The van der Waals surface area contributed by atoms with Crippen LogP contribution in [-0.2, 0) is 9.47 Å². The zero-order valence-electron chi connectivity index (χ0n) is 9.27. The van der Waals surface area contributed by atoms with Crippen LogP contribution in [0.3, 0.4) is 0 Å². The molecule has 0 aromatic heterocycles. The van der Waals surface area contributed by atoms with Crippen molar-refractivity contribution < 1.29 is 19.7 Å². The smallest absolute Gasteiger partial charge is 0.111 e. The van der Waals surface area contributed by atoms with E-state index < -0.39 is 18.3 Å². The van der Waals surface area contributed by atoms with Gasteiger partial charge in [-0.15, -0.1) is 0 Å². The van der Waals surface area contributed by atoms with E-state index in [0.29, 0.717) is 6.61 Å². The summed E-state index contributed by atoms with van der Waals surface area (Å²) in [5, 5.41) is 18.4. The number of methoxy groups -OCH3 is 1. The zero-order chi connectivity index (χ0) is 11.0. The molecule has 0 heterocycles. The van der Waals surface area contributed by atoms with Gasteiger partial charge in [-0.25, -0.2) is 0 Å². The SMILES string of the molecule is CCCCOC(CO)C(OC)C(C)O. The first-order valence-electron chi connectivity index (χ1n) is 5.10. The lowest BCUT2D eigenvalue weighted by Gasteiger charge is -2.26. The average Bonchev–Trinajstić information content (AvgIpc) is 2.16. The Kier molecular flexibility index (Phi) is 8.08. The molecule has 3 unspecified atom stereocenters. The molecule has 0 saturated carbocycles. The van der Waals surface area contributed by atoms with Crippen molar-refractivity contribution in [3.05, 3.63) is 0 Å². The summed E-state index contributed by atoms with van der Waals surface area (Å²) in [6, 6.07) is 0. The molecule has 4 nitrogen and oxygen atoms in total. The maximum Gasteiger partial charge on any atom is 0.111 e. The van der Waals surface area contributed by atoms with Crippen LogP contribution in [0.1, 0.15) is 26.7 Å². The largest absolute Gasteiger partial charge is 0.394 e. The first kappa shape index (κ1) is 13.8. The van der Waals surface area contributed by atoms with Crippen LogP contribution in [0.2, 0.25) is 0 Å². The first-order chi connectivity index (χ1) is 6.67. The van der Waals surface area contributed by atoms with Gasteiger partial charge in [0.1, 0.15) is 12.2 Å². The van der Waals surface area contributed by atoms with E-state index in [1.807, 2.05) is 0 Å². The van der Waals surface area contributed by atoms with E-state index in [2.05, 4.69) is 6.92 Å². The van der Waals surface area contributed by atoms with Crippen molar-refractivity contribution in [2.75, 3.05) is 20.3 Å². The predicted octanol–water partition coefficient (Wildman–Crippen LogP) is 0.560. The van der Waals surface area contributed by atoms with Crippen molar-refractivity contribution >= 4 is 0 Å². The van der Waals surface area contributed by atoms with Crippen molar-refractivity contribution in [2.45, 2.75) is 45.0 Å². The van der Waals surface area contributed by atoms with E-state index in [1.165, 1.54) is 7.11 Å². The Bertz CT molecular complexity index is 127. The standard InChI is InChI=1S/C10H22O4/c1-4-5-6-14-9(7-11)10(13-3)8(2)12/h8-12H,4-7H2,1-3H3. The monoisotopic (exact) mass is 206 g/mol. The number of unbranched alkanes of at least 4 members (excludes halogenated alkanes) is 1. The maximum atomic E-state index is 9.35. The topological polar surface area (TPSA) is 58.9 Å². The fourth-order valence-corrected chi connectivity index (χ4v) is 1.29. The summed E-state index contributed by atoms with van der Waals surface area (Å²) in [6.07, 6.45) is 0.458. The van der Waals surface area contributed by atoms with Crippen LogP contribution < -0.4 is 0 Å². The number of aliphatic hydroxyl groups is 2. The van der Waals surface area contributed by atoms with Crippen molar-refractivity contribution in [3.63, 3.8) is 0 Å². The highest BCUT2D eigenvalue weighted by molar-refractivity contribution is 4.74. The van der Waals surface area contributed by atoms with E-state index >= 15 is 0 Å². The summed E-state index contributed by atoms with van der Waals surface area (Å²) in [5.41, 5.74) is 0. The molecule has 0 aromatic rings. The van der Waals surface area contributed by atoms with Crippen LogP contribution in [0.15, 0.2) is 0 Å². The number of hydrogen-bond donors (Lipinski definition) is 2. The zero-order valence-corrected chi connectivity index (χ0v) is 9.27. The Balaban J connectivity index is 3.95. The Morgan fingerprint density at radius 3 is 2.36 bits per heavy atom. The van der Waals surface area contributed by atoms with Gasteiger partial charge in [-0.05, 0) is 13.3 Å². The summed E-state index contributed by atoms with van der Waals surface area (Å²) in [4.78, 5) is 0. The number of aliphatic hydroxyl groups excluding tert-OH is 2.